The lowest BCUT2D eigenvalue weighted by Crippen LogP contribution is -2.26. The third kappa shape index (κ3) is 6.59. The summed E-state index contributed by atoms with van der Waals surface area (Å²) in [6.45, 7) is 0.485. The third-order valence-electron chi connectivity index (χ3n) is 3.86. The van der Waals surface area contributed by atoms with Gasteiger partial charge in [-0.15, -0.1) is 0 Å². The molecule has 0 radical (unpaired) electrons. The molecular weight excluding hydrogens is 352 g/mol. The first-order valence-corrected chi connectivity index (χ1v) is 9.99. The van der Waals surface area contributed by atoms with Crippen molar-refractivity contribution in [2.75, 3.05) is 19.7 Å². The second-order valence-electron chi connectivity index (χ2n) is 5.85. The molecule has 0 heterocycles. The van der Waals surface area contributed by atoms with Crippen LogP contribution in [0.3, 0.4) is 0 Å². The maximum atomic E-state index is 12.3. The molecular formula is C19H24N2O4S. The van der Waals surface area contributed by atoms with Crippen molar-refractivity contribution in [1.82, 2.24) is 10.0 Å². The molecule has 0 saturated carbocycles. The molecule has 0 fully saturated rings. The van der Waals surface area contributed by atoms with Crippen molar-refractivity contribution in [2.45, 2.75) is 24.2 Å². The molecule has 0 bridgehead atoms. The molecule has 0 aliphatic heterocycles. The highest BCUT2D eigenvalue weighted by molar-refractivity contribution is 7.89. The Morgan fingerprint density at radius 1 is 0.885 bits per heavy atom. The van der Waals surface area contributed by atoms with Crippen LogP contribution in [0, 0.1) is 0 Å². The van der Waals surface area contributed by atoms with Crippen molar-refractivity contribution in [3.63, 3.8) is 0 Å². The number of aliphatic hydroxyl groups is 1. The minimum atomic E-state index is -3.55. The van der Waals surface area contributed by atoms with E-state index in [0.717, 1.165) is 11.1 Å². The van der Waals surface area contributed by atoms with Crippen LogP contribution in [0.15, 0.2) is 59.5 Å². The Hall–Kier alpha value is -2.22. The number of rotatable bonds is 10. The highest BCUT2D eigenvalue weighted by Gasteiger charge is 2.13. The van der Waals surface area contributed by atoms with Crippen LogP contribution in [0.5, 0.6) is 0 Å². The summed E-state index contributed by atoms with van der Waals surface area (Å²) in [7, 11) is -3.55. The number of hydrogen-bond donors (Lipinski definition) is 3. The molecule has 3 N–H and O–H groups in total. The van der Waals surface area contributed by atoms with Crippen molar-refractivity contribution in [2.24, 2.45) is 0 Å². The fourth-order valence-electron chi connectivity index (χ4n) is 2.43. The lowest BCUT2D eigenvalue weighted by molar-refractivity contribution is -0.121. The Labute approximate surface area is 154 Å². The summed E-state index contributed by atoms with van der Waals surface area (Å²) in [4.78, 5) is 11.7. The van der Waals surface area contributed by atoms with Gasteiger partial charge in [-0.1, -0.05) is 42.5 Å². The first-order valence-electron chi connectivity index (χ1n) is 8.51. The van der Waals surface area contributed by atoms with Gasteiger partial charge in [-0.3, -0.25) is 4.79 Å². The molecule has 0 spiro atoms. The number of amides is 1. The molecule has 7 heteroatoms. The highest BCUT2D eigenvalue weighted by atomic mass is 32.2. The summed E-state index contributed by atoms with van der Waals surface area (Å²) in [5.74, 6) is -0.140. The third-order valence-corrected chi connectivity index (χ3v) is 5.33. The molecule has 140 valence electrons. The molecule has 0 saturated heterocycles. The van der Waals surface area contributed by atoms with Gasteiger partial charge in [0.2, 0.25) is 15.9 Å². The number of carbonyl (C=O) groups is 1. The molecule has 0 aliphatic rings. The van der Waals surface area contributed by atoms with Crippen LogP contribution in [0.1, 0.15) is 17.5 Å². The minimum Gasteiger partial charge on any atom is -0.395 e. The average Bonchev–Trinajstić information content (AvgIpc) is 2.66. The van der Waals surface area contributed by atoms with E-state index in [0.29, 0.717) is 25.8 Å². The number of aryl methyl sites for hydroxylation is 1. The van der Waals surface area contributed by atoms with Crippen LogP contribution >= 0.6 is 0 Å². The Bertz CT molecular complexity index is 790. The molecule has 0 unspecified atom stereocenters. The zero-order valence-electron chi connectivity index (χ0n) is 14.5. The molecule has 0 aromatic heterocycles. The zero-order valence-corrected chi connectivity index (χ0v) is 15.3. The van der Waals surface area contributed by atoms with E-state index in [9.17, 15) is 13.2 Å². The van der Waals surface area contributed by atoms with Gasteiger partial charge in [0.15, 0.2) is 0 Å². The molecule has 2 aromatic rings. The van der Waals surface area contributed by atoms with Crippen LogP contribution in [0.2, 0.25) is 0 Å². The number of hydrogen-bond acceptors (Lipinski definition) is 4. The van der Waals surface area contributed by atoms with Crippen LogP contribution in [-0.4, -0.2) is 39.1 Å². The summed E-state index contributed by atoms with van der Waals surface area (Å²) < 4.78 is 27.2. The van der Waals surface area contributed by atoms with E-state index in [2.05, 4.69) is 10.0 Å². The van der Waals surface area contributed by atoms with Crippen LogP contribution < -0.4 is 10.0 Å². The standard InChI is InChI=1S/C19H24N2O4S/c22-15-14-20-19(23)11-8-17-6-9-18(10-7-17)26(24,25)21-13-12-16-4-2-1-3-5-16/h1-7,9-10,21-22H,8,11-15H2,(H,20,23). The molecule has 2 rings (SSSR count). The number of benzene rings is 2. The second-order valence-corrected chi connectivity index (χ2v) is 7.62. The smallest absolute Gasteiger partial charge is 0.240 e. The maximum Gasteiger partial charge on any atom is 0.240 e. The van der Waals surface area contributed by atoms with Crippen LogP contribution in [0.25, 0.3) is 0 Å². The van der Waals surface area contributed by atoms with E-state index in [1.54, 1.807) is 24.3 Å². The summed E-state index contributed by atoms with van der Waals surface area (Å²) in [5, 5.41) is 11.2. The highest BCUT2D eigenvalue weighted by Crippen LogP contribution is 2.12. The van der Waals surface area contributed by atoms with Gasteiger partial charge in [0.25, 0.3) is 0 Å². The summed E-state index contributed by atoms with van der Waals surface area (Å²) in [6, 6.07) is 16.2. The van der Waals surface area contributed by atoms with E-state index < -0.39 is 10.0 Å². The second kappa shape index (κ2) is 10.1. The van der Waals surface area contributed by atoms with Crippen LogP contribution in [0.4, 0.5) is 0 Å². The van der Waals surface area contributed by atoms with E-state index in [4.69, 9.17) is 5.11 Å². The Balaban J connectivity index is 1.84. The quantitative estimate of drug-likeness (QED) is 0.581. The van der Waals surface area contributed by atoms with E-state index in [1.165, 1.54) is 0 Å². The van der Waals surface area contributed by atoms with Gasteiger partial charge in [0.05, 0.1) is 11.5 Å². The van der Waals surface area contributed by atoms with Gasteiger partial charge in [0, 0.05) is 19.5 Å². The van der Waals surface area contributed by atoms with Crippen molar-refractivity contribution in [3.8, 4) is 0 Å². The normalized spacial score (nSPS) is 11.3. The lowest BCUT2D eigenvalue weighted by Gasteiger charge is -2.08. The molecule has 26 heavy (non-hydrogen) atoms. The number of nitrogens with one attached hydrogen (secondary N) is 2. The van der Waals surface area contributed by atoms with Gasteiger partial charge < -0.3 is 10.4 Å². The van der Waals surface area contributed by atoms with Crippen molar-refractivity contribution in [1.29, 1.82) is 0 Å². The average molecular weight is 376 g/mol. The number of aliphatic hydroxyl groups excluding tert-OH is 1. The van der Waals surface area contributed by atoms with Gasteiger partial charge in [-0.25, -0.2) is 13.1 Å². The van der Waals surface area contributed by atoms with Gasteiger partial charge >= 0.3 is 0 Å². The fourth-order valence-corrected chi connectivity index (χ4v) is 3.47. The first kappa shape index (κ1) is 20.1. The predicted octanol–water partition coefficient (Wildman–Crippen LogP) is 1.25. The maximum absolute atomic E-state index is 12.3. The molecule has 2 aromatic carbocycles. The molecule has 0 atom stereocenters. The van der Waals surface area contributed by atoms with Crippen molar-refractivity contribution in [3.05, 3.63) is 65.7 Å². The van der Waals surface area contributed by atoms with Crippen molar-refractivity contribution >= 4 is 15.9 Å². The Kier molecular flexibility index (Phi) is 7.77. The first-order chi connectivity index (χ1) is 12.5. The summed E-state index contributed by atoms with van der Waals surface area (Å²) >= 11 is 0. The molecule has 6 nitrogen and oxygen atoms in total. The lowest BCUT2D eigenvalue weighted by atomic mass is 10.1. The van der Waals surface area contributed by atoms with Crippen molar-refractivity contribution < 1.29 is 18.3 Å². The predicted molar refractivity (Wildman–Crippen MR) is 100 cm³/mol. The summed E-state index contributed by atoms with van der Waals surface area (Å²) in [5.41, 5.74) is 1.96. The number of carbonyl (C=O) groups excluding carboxylic acids is 1. The topological polar surface area (TPSA) is 95.5 Å². The monoisotopic (exact) mass is 376 g/mol. The SMILES string of the molecule is O=C(CCc1ccc(S(=O)(=O)NCCc2ccccc2)cc1)NCCO. The van der Waals surface area contributed by atoms with Gasteiger partial charge in [-0.05, 0) is 36.1 Å². The molecule has 0 aliphatic carbocycles. The van der Waals surface area contributed by atoms with E-state index in [1.807, 2.05) is 30.3 Å². The molecule has 1 amide bonds. The Morgan fingerprint density at radius 2 is 1.54 bits per heavy atom. The minimum absolute atomic E-state index is 0.0877. The number of sulfonamides is 1. The Morgan fingerprint density at radius 3 is 2.19 bits per heavy atom. The van der Waals surface area contributed by atoms with Gasteiger partial charge in [-0.2, -0.15) is 0 Å². The van der Waals surface area contributed by atoms with Crippen LogP contribution in [-0.2, 0) is 27.7 Å². The van der Waals surface area contributed by atoms with E-state index in [-0.39, 0.29) is 24.0 Å². The van der Waals surface area contributed by atoms with Gasteiger partial charge in [0.1, 0.15) is 0 Å². The fraction of sp³-hybridized carbons (Fsp3) is 0.316. The van der Waals surface area contributed by atoms with E-state index >= 15 is 0 Å². The summed E-state index contributed by atoms with van der Waals surface area (Å²) in [6.07, 6.45) is 1.43. The largest absolute Gasteiger partial charge is 0.395 e. The zero-order chi connectivity index (χ0) is 18.8.